The molecule has 0 radical (unpaired) electrons. The zero-order chi connectivity index (χ0) is 13.9. The molecule has 1 unspecified atom stereocenters. The third-order valence-corrected chi connectivity index (χ3v) is 6.42. The Balaban J connectivity index is 1.81. The average Bonchev–Trinajstić information content (AvgIpc) is 2.77. The molecule has 2 aliphatic heterocycles. The summed E-state index contributed by atoms with van der Waals surface area (Å²) in [6.45, 7) is 0.883. The van der Waals surface area contributed by atoms with Gasteiger partial charge in [-0.2, -0.15) is 11.8 Å². The molecular formula is C15H21NO2S2. The molecule has 1 aromatic heterocycles. The largest absolute Gasteiger partial charge is 0.394 e. The number of aliphatic hydroxyl groups is 1. The van der Waals surface area contributed by atoms with Crippen molar-refractivity contribution in [2.75, 3.05) is 18.9 Å². The first-order chi connectivity index (χ1) is 9.79. The number of carbonyl (C=O) groups excluding carboxylic acids is 1. The fourth-order valence-electron chi connectivity index (χ4n) is 3.03. The van der Waals surface area contributed by atoms with Gasteiger partial charge in [-0.15, -0.1) is 11.3 Å². The molecule has 0 saturated carbocycles. The molecule has 1 N–H and O–H groups in total. The predicted octanol–water partition coefficient (Wildman–Crippen LogP) is 2.91. The first-order valence-electron chi connectivity index (χ1n) is 7.40. The molecule has 1 atom stereocenters. The van der Waals surface area contributed by atoms with Gasteiger partial charge in [0.15, 0.2) is 0 Å². The van der Waals surface area contributed by atoms with Crippen LogP contribution in [0.3, 0.4) is 0 Å². The van der Waals surface area contributed by atoms with Gasteiger partial charge in [-0.1, -0.05) is 12.8 Å². The lowest BCUT2D eigenvalue weighted by atomic mass is 10.1. The van der Waals surface area contributed by atoms with Gasteiger partial charge in [0.2, 0.25) is 0 Å². The summed E-state index contributed by atoms with van der Waals surface area (Å²) in [6.07, 6.45) is 5.37. The number of thioether (sulfide) groups is 1. The van der Waals surface area contributed by atoms with E-state index in [4.69, 9.17) is 0 Å². The summed E-state index contributed by atoms with van der Waals surface area (Å²) in [5.74, 6) is 2.35. The van der Waals surface area contributed by atoms with Crippen molar-refractivity contribution in [2.24, 2.45) is 0 Å². The Kier molecular flexibility index (Phi) is 4.68. The van der Waals surface area contributed by atoms with Crippen LogP contribution in [0.15, 0.2) is 6.07 Å². The molecule has 1 fully saturated rings. The van der Waals surface area contributed by atoms with Gasteiger partial charge in [0.05, 0.1) is 17.5 Å². The Hall–Kier alpha value is -0.520. The van der Waals surface area contributed by atoms with Crippen LogP contribution in [0.1, 0.15) is 45.8 Å². The van der Waals surface area contributed by atoms with E-state index in [1.807, 2.05) is 16.7 Å². The number of rotatable bonds is 2. The fraction of sp³-hybridized carbons (Fsp3) is 0.667. The van der Waals surface area contributed by atoms with Crippen LogP contribution in [0.4, 0.5) is 0 Å². The van der Waals surface area contributed by atoms with Crippen molar-refractivity contribution in [2.45, 2.75) is 43.9 Å². The third kappa shape index (κ3) is 2.90. The highest BCUT2D eigenvalue weighted by Gasteiger charge is 2.27. The number of carbonyl (C=O) groups is 1. The molecule has 0 aliphatic carbocycles. The van der Waals surface area contributed by atoms with Crippen molar-refractivity contribution in [3.8, 4) is 0 Å². The summed E-state index contributed by atoms with van der Waals surface area (Å²) < 4.78 is 0. The van der Waals surface area contributed by atoms with Crippen molar-refractivity contribution < 1.29 is 9.90 Å². The molecule has 0 spiro atoms. The van der Waals surface area contributed by atoms with Crippen LogP contribution in [0.2, 0.25) is 0 Å². The lowest BCUT2D eigenvalue weighted by Gasteiger charge is -2.28. The molecule has 1 aromatic rings. The second kappa shape index (κ2) is 6.50. The lowest BCUT2D eigenvalue weighted by Crippen LogP contribution is -2.41. The number of aryl methyl sites for hydroxylation is 1. The highest BCUT2D eigenvalue weighted by Crippen LogP contribution is 2.33. The summed E-state index contributed by atoms with van der Waals surface area (Å²) in [6, 6.07) is 2.10. The summed E-state index contributed by atoms with van der Waals surface area (Å²) >= 11 is 3.62. The maximum atomic E-state index is 12.8. The Morgan fingerprint density at radius 2 is 2.30 bits per heavy atom. The maximum Gasteiger partial charge on any atom is 0.264 e. The van der Waals surface area contributed by atoms with Gasteiger partial charge < -0.3 is 10.0 Å². The van der Waals surface area contributed by atoms with Crippen molar-refractivity contribution in [3.05, 3.63) is 21.4 Å². The molecule has 3 nitrogen and oxygen atoms in total. The standard InChI is InChI=1S/C15H21NO2S2/c17-9-12-4-2-1-3-6-16(12)15(18)14-8-11-10-19-7-5-13(11)20-14/h8,12,17H,1-7,9-10H2. The van der Waals surface area contributed by atoms with E-state index in [1.54, 1.807) is 11.3 Å². The van der Waals surface area contributed by atoms with Gasteiger partial charge in [0.1, 0.15) is 0 Å². The average molecular weight is 311 g/mol. The Bertz CT molecular complexity index is 463. The third-order valence-electron chi connectivity index (χ3n) is 4.19. The number of nitrogens with zero attached hydrogens (tertiary/aromatic N) is 1. The van der Waals surface area contributed by atoms with Crippen molar-refractivity contribution in [3.63, 3.8) is 0 Å². The number of hydrogen-bond acceptors (Lipinski definition) is 4. The minimum absolute atomic E-state index is 0.0125. The Morgan fingerprint density at radius 1 is 1.40 bits per heavy atom. The van der Waals surface area contributed by atoms with Gasteiger partial charge in [-0.25, -0.2) is 0 Å². The first kappa shape index (κ1) is 14.4. The number of amides is 1. The van der Waals surface area contributed by atoms with E-state index in [0.29, 0.717) is 0 Å². The van der Waals surface area contributed by atoms with E-state index < -0.39 is 0 Å². The molecule has 1 saturated heterocycles. The molecule has 20 heavy (non-hydrogen) atoms. The van der Waals surface area contributed by atoms with E-state index >= 15 is 0 Å². The fourth-order valence-corrected chi connectivity index (χ4v) is 5.36. The summed E-state index contributed by atoms with van der Waals surface area (Å²) in [7, 11) is 0. The quantitative estimate of drug-likeness (QED) is 0.913. The van der Waals surface area contributed by atoms with Crippen molar-refractivity contribution >= 4 is 29.0 Å². The van der Waals surface area contributed by atoms with Crippen LogP contribution < -0.4 is 0 Å². The monoisotopic (exact) mass is 311 g/mol. The molecule has 2 aliphatic rings. The number of likely N-dealkylation sites (tertiary alicyclic amines) is 1. The summed E-state index contributed by atoms with van der Waals surface area (Å²) in [5.41, 5.74) is 1.35. The summed E-state index contributed by atoms with van der Waals surface area (Å²) in [4.78, 5) is 16.9. The highest BCUT2D eigenvalue weighted by molar-refractivity contribution is 7.98. The van der Waals surface area contributed by atoms with E-state index in [0.717, 1.165) is 49.3 Å². The van der Waals surface area contributed by atoms with E-state index in [9.17, 15) is 9.90 Å². The van der Waals surface area contributed by atoms with Crippen LogP contribution in [-0.4, -0.2) is 40.9 Å². The lowest BCUT2D eigenvalue weighted by molar-refractivity contribution is 0.0604. The van der Waals surface area contributed by atoms with E-state index in [-0.39, 0.29) is 18.6 Å². The van der Waals surface area contributed by atoms with Crippen LogP contribution in [0, 0.1) is 0 Å². The van der Waals surface area contributed by atoms with Gasteiger partial charge in [-0.3, -0.25) is 4.79 Å². The minimum Gasteiger partial charge on any atom is -0.394 e. The number of fused-ring (bicyclic) bond motifs is 1. The van der Waals surface area contributed by atoms with E-state index in [2.05, 4.69) is 6.07 Å². The highest BCUT2D eigenvalue weighted by atomic mass is 32.2. The minimum atomic E-state index is 0.0125. The number of aliphatic hydroxyl groups excluding tert-OH is 1. The molecule has 3 rings (SSSR count). The number of hydrogen-bond donors (Lipinski definition) is 1. The Morgan fingerprint density at radius 3 is 3.10 bits per heavy atom. The zero-order valence-electron chi connectivity index (χ0n) is 11.6. The molecule has 1 amide bonds. The van der Waals surface area contributed by atoms with Crippen LogP contribution >= 0.6 is 23.1 Å². The summed E-state index contributed by atoms with van der Waals surface area (Å²) in [5, 5.41) is 9.55. The predicted molar refractivity (Wildman–Crippen MR) is 84.6 cm³/mol. The van der Waals surface area contributed by atoms with Gasteiger partial charge in [0.25, 0.3) is 5.91 Å². The van der Waals surface area contributed by atoms with Crippen molar-refractivity contribution in [1.29, 1.82) is 0 Å². The van der Waals surface area contributed by atoms with Gasteiger partial charge >= 0.3 is 0 Å². The smallest absolute Gasteiger partial charge is 0.264 e. The van der Waals surface area contributed by atoms with Crippen LogP contribution in [0.5, 0.6) is 0 Å². The molecule has 0 bridgehead atoms. The Labute approximate surface area is 128 Å². The van der Waals surface area contributed by atoms with Crippen molar-refractivity contribution in [1.82, 2.24) is 4.90 Å². The molecule has 3 heterocycles. The van der Waals surface area contributed by atoms with Gasteiger partial charge in [-0.05, 0) is 36.6 Å². The second-order valence-electron chi connectivity index (χ2n) is 5.55. The maximum absolute atomic E-state index is 12.8. The van der Waals surface area contributed by atoms with Crippen LogP contribution in [0.25, 0.3) is 0 Å². The molecule has 0 aromatic carbocycles. The topological polar surface area (TPSA) is 40.5 Å². The molecular weight excluding hydrogens is 290 g/mol. The normalized spacial score (nSPS) is 23.2. The SMILES string of the molecule is O=C(c1cc2c(s1)CCSC2)N1CCCCCC1CO. The van der Waals surface area contributed by atoms with Crippen LogP contribution in [-0.2, 0) is 12.2 Å². The first-order valence-corrected chi connectivity index (χ1v) is 9.38. The van der Waals surface area contributed by atoms with Gasteiger partial charge in [0, 0.05) is 17.2 Å². The van der Waals surface area contributed by atoms with E-state index in [1.165, 1.54) is 16.2 Å². The molecule has 110 valence electrons. The number of thiophene rings is 1. The molecule has 5 heteroatoms. The zero-order valence-corrected chi connectivity index (χ0v) is 13.3. The second-order valence-corrected chi connectivity index (χ2v) is 7.79.